The van der Waals surface area contributed by atoms with Crippen molar-refractivity contribution in [3.63, 3.8) is 0 Å². The molecule has 2 aromatic rings. The first kappa shape index (κ1) is 37.1. The quantitative estimate of drug-likeness (QED) is 0.0393. The molecule has 2 atom stereocenters. The summed E-state index contributed by atoms with van der Waals surface area (Å²) in [5.74, 6) is -1.76. The maximum absolute atomic E-state index is 13.2. The molecule has 16 nitrogen and oxygen atoms in total. The number of nitrogens with zero attached hydrogens (tertiary/aromatic N) is 1. The van der Waals surface area contributed by atoms with Crippen LogP contribution in [0.5, 0.6) is 5.75 Å². The third-order valence-corrected chi connectivity index (χ3v) is 7.73. The van der Waals surface area contributed by atoms with Gasteiger partial charge in [-0.1, -0.05) is 33.1 Å². The molecule has 18 heteroatoms. The topological polar surface area (TPSA) is 234 Å². The highest BCUT2D eigenvalue weighted by atomic mass is 31.2. The molecule has 0 spiro atoms. The van der Waals surface area contributed by atoms with Crippen LogP contribution in [0.25, 0.3) is 11.3 Å². The number of phosphoric acid groups is 1. The van der Waals surface area contributed by atoms with Gasteiger partial charge in [0.2, 0.25) is 12.3 Å². The largest absolute Gasteiger partial charge is 0.494 e. The fraction of sp³-hybridized carbons (Fsp3) is 0.500. The highest BCUT2D eigenvalue weighted by molar-refractivity contribution is 7.60. The third-order valence-electron chi connectivity index (χ3n) is 6.36. The Morgan fingerprint density at radius 2 is 1.77 bits per heavy atom. The number of rotatable bonds is 20. The van der Waals surface area contributed by atoms with Crippen LogP contribution in [0, 0.1) is 5.92 Å². The van der Waals surface area contributed by atoms with E-state index in [9.17, 15) is 33.3 Å². The van der Waals surface area contributed by atoms with Gasteiger partial charge in [0.05, 0.1) is 30.5 Å². The summed E-state index contributed by atoms with van der Waals surface area (Å²) in [6, 6.07) is 5.97. The van der Waals surface area contributed by atoms with Gasteiger partial charge in [0, 0.05) is 5.56 Å². The summed E-state index contributed by atoms with van der Waals surface area (Å²) in [5.41, 5.74) is 0.273. The zero-order valence-corrected chi connectivity index (χ0v) is 26.4. The van der Waals surface area contributed by atoms with Gasteiger partial charge < -0.3 is 39.4 Å². The number of carbonyl (C=O) groups excluding carboxylic acids is 3. The number of amides is 3. The summed E-state index contributed by atoms with van der Waals surface area (Å²) in [6.07, 6.45) is 3.23. The number of unbranched alkanes of at least 4 members (excludes halogenated alkanes) is 2. The number of carbonyl (C=O) groups is 3. The lowest BCUT2D eigenvalue weighted by Gasteiger charge is -2.32. The Hall–Kier alpha value is -3.07. The van der Waals surface area contributed by atoms with E-state index in [1.54, 1.807) is 13.8 Å². The summed E-state index contributed by atoms with van der Waals surface area (Å²) in [6.45, 7) is 4.43. The van der Waals surface area contributed by atoms with E-state index in [2.05, 4.69) is 15.2 Å². The Labute approximate surface area is 254 Å². The molecule has 6 N–H and O–H groups in total. The predicted molar refractivity (Wildman–Crippen MR) is 156 cm³/mol. The highest BCUT2D eigenvalue weighted by Crippen LogP contribution is 2.37. The molecule has 0 radical (unpaired) electrons. The van der Waals surface area contributed by atoms with Crippen molar-refractivity contribution in [1.29, 1.82) is 0 Å². The van der Waals surface area contributed by atoms with Crippen LogP contribution in [0.3, 0.4) is 0 Å². The van der Waals surface area contributed by atoms with E-state index in [1.807, 2.05) is 6.92 Å². The summed E-state index contributed by atoms with van der Waals surface area (Å²) in [4.78, 5) is 79.6. The fourth-order valence-electron chi connectivity index (χ4n) is 4.30. The van der Waals surface area contributed by atoms with E-state index >= 15 is 0 Å². The van der Waals surface area contributed by atoms with E-state index in [-0.39, 0.29) is 47.8 Å². The SMILES string of the molecule is CCCCC[C@@H](C(=O)NCNC(=O)c1ccc(-c2cc(OCC)cc(P(=O)(O)O)c2)o1)[C@@H](CC)N(C=O)OCOP(=O)(O)O. The second-order valence-corrected chi connectivity index (χ2v) is 12.3. The Morgan fingerprint density at radius 1 is 1.05 bits per heavy atom. The van der Waals surface area contributed by atoms with E-state index in [1.165, 1.54) is 30.3 Å². The molecule has 0 saturated heterocycles. The molecule has 0 saturated carbocycles. The Morgan fingerprint density at radius 3 is 2.36 bits per heavy atom. The summed E-state index contributed by atoms with van der Waals surface area (Å²) in [7, 11) is -9.46. The molecule has 0 unspecified atom stereocenters. The third kappa shape index (κ3) is 11.8. The van der Waals surface area contributed by atoms with Gasteiger partial charge in [-0.15, -0.1) is 0 Å². The van der Waals surface area contributed by atoms with Crippen molar-refractivity contribution < 1.29 is 61.6 Å². The lowest BCUT2D eigenvalue weighted by atomic mass is 9.90. The molecule has 1 aromatic carbocycles. The molecular formula is C26H39N3O13P2. The van der Waals surface area contributed by atoms with Crippen molar-refractivity contribution in [2.45, 2.75) is 58.9 Å². The summed E-state index contributed by atoms with van der Waals surface area (Å²) >= 11 is 0. The zero-order chi connectivity index (χ0) is 32.9. The monoisotopic (exact) mass is 663 g/mol. The molecule has 246 valence electrons. The van der Waals surface area contributed by atoms with Gasteiger partial charge >= 0.3 is 15.4 Å². The van der Waals surface area contributed by atoms with Crippen LogP contribution in [-0.4, -0.2) is 69.0 Å². The average molecular weight is 664 g/mol. The maximum atomic E-state index is 13.2. The molecule has 0 aliphatic carbocycles. The van der Waals surface area contributed by atoms with E-state index in [0.29, 0.717) is 19.3 Å². The molecule has 2 rings (SSSR count). The van der Waals surface area contributed by atoms with E-state index in [0.717, 1.165) is 17.9 Å². The molecule has 3 amide bonds. The van der Waals surface area contributed by atoms with Crippen LogP contribution in [0.4, 0.5) is 0 Å². The highest BCUT2D eigenvalue weighted by Gasteiger charge is 2.32. The first-order valence-electron chi connectivity index (χ1n) is 13.8. The Balaban J connectivity index is 2.11. The molecule has 44 heavy (non-hydrogen) atoms. The molecule has 1 aromatic heterocycles. The van der Waals surface area contributed by atoms with Crippen molar-refractivity contribution in [1.82, 2.24) is 15.7 Å². The van der Waals surface area contributed by atoms with Crippen LogP contribution in [0.15, 0.2) is 34.7 Å². The molecule has 0 aliphatic heterocycles. The first-order valence-corrected chi connectivity index (χ1v) is 16.9. The van der Waals surface area contributed by atoms with Crippen molar-refractivity contribution in [3.05, 3.63) is 36.1 Å². The normalized spacial score (nSPS) is 13.2. The summed E-state index contributed by atoms with van der Waals surface area (Å²) in [5, 5.41) is 5.60. The van der Waals surface area contributed by atoms with Crippen molar-refractivity contribution in [2.24, 2.45) is 5.92 Å². The van der Waals surface area contributed by atoms with E-state index < -0.39 is 46.0 Å². The zero-order valence-electron chi connectivity index (χ0n) is 24.6. The van der Waals surface area contributed by atoms with Gasteiger partial charge in [-0.25, -0.2) is 14.5 Å². The first-order chi connectivity index (χ1) is 20.7. The minimum absolute atomic E-state index is 0.134. The van der Waals surface area contributed by atoms with Crippen molar-refractivity contribution >= 4 is 38.9 Å². The second kappa shape index (κ2) is 17.4. The predicted octanol–water partition coefficient (Wildman–Crippen LogP) is 2.38. The average Bonchev–Trinajstić information content (AvgIpc) is 3.45. The minimum Gasteiger partial charge on any atom is -0.494 e. The smallest absolute Gasteiger partial charge is 0.471 e. The van der Waals surface area contributed by atoms with Crippen molar-refractivity contribution in [2.75, 3.05) is 20.1 Å². The van der Waals surface area contributed by atoms with Gasteiger partial charge in [0.1, 0.15) is 11.5 Å². The number of benzene rings is 1. The second-order valence-electron chi connectivity index (χ2n) is 9.49. The Kier molecular flexibility index (Phi) is 14.7. The maximum Gasteiger partial charge on any atom is 0.471 e. The Bertz CT molecular complexity index is 1340. The lowest BCUT2D eigenvalue weighted by Crippen LogP contribution is -2.48. The van der Waals surface area contributed by atoms with Crippen LogP contribution < -0.4 is 20.7 Å². The minimum atomic E-state index is -4.85. The van der Waals surface area contributed by atoms with Gasteiger partial charge in [-0.2, -0.15) is 0 Å². The van der Waals surface area contributed by atoms with Crippen LogP contribution in [0.1, 0.15) is 63.4 Å². The molecule has 1 heterocycles. The number of phosphoric ester groups is 1. The number of hydrogen-bond donors (Lipinski definition) is 6. The molecular weight excluding hydrogens is 624 g/mol. The van der Waals surface area contributed by atoms with Crippen LogP contribution >= 0.6 is 15.4 Å². The van der Waals surface area contributed by atoms with Gasteiger partial charge in [0.25, 0.3) is 5.91 Å². The molecule has 0 aliphatic rings. The number of ether oxygens (including phenoxy) is 1. The van der Waals surface area contributed by atoms with Gasteiger partial charge in [-0.05, 0) is 50.1 Å². The standard InChI is InChI=1S/C26H39N3O13P2/c1-4-7-8-9-21(22(5-2)29(16-30)40-17-41-44(36,37)38)25(31)27-15-28-26(32)24-11-10-23(42-24)18-12-19(39-6-3)14-20(13-18)43(33,34)35/h10-14,16,21-22H,4-9,15,17H2,1-3H3,(H,27,31)(H,28,32)(H2,33,34,35)(H2,36,37,38)/t21-,22-/m1/s1. The lowest BCUT2D eigenvalue weighted by molar-refractivity contribution is -0.221. The molecule has 0 bridgehead atoms. The van der Waals surface area contributed by atoms with Gasteiger partial charge in [0.15, 0.2) is 12.6 Å². The van der Waals surface area contributed by atoms with Crippen molar-refractivity contribution in [3.8, 4) is 17.1 Å². The van der Waals surface area contributed by atoms with Gasteiger partial charge in [-0.3, -0.25) is 23.5 Å². The number of nitrogens with one attached hydrogen (secondary N) is 2. The fourth-order valence-corrected chi connectivity index (χ4v) is 5.09. The number of hydroxylamine groups is 2. The number of furan rings is 1. The van der Waals surface area contributed by atoms with Crippen LogP contribution in [-0.2, 0) is 28.1 Å². The van der Waals surface area contributed by atoms with Crippen LogP contribution in [0.2, 0.25) is 0 Å². The molecule has 0 fully saturated rings. The summed E-state index contributed by atoms with van der Waals surface area (Å²) < 4.78 is 38.0. The number of hydrogen-bond acceptors (Lipinski definition) is 9. The van der Waals surface area contributed by atoms with E-state index in [4.69, 9.17) is 23.8 Å².